The molecule has 0 heterocycles. The third-order valence-corrected chi connectivity index (χ3v) is 3.89. The molecular formula is C19H20N2O8. The number of methoxy groups -OCH3 is 3. The molecule has 29 heavy (non-hydrogen) atoms. The summed E-state index contributed by atoms with van der Waals surface area (Å²) in [6.45, 7) is -0.380. The predicted molar refractivity (Wildman–Crippen MR) is 101 cm³/mol. The summed E-state index contributed by atoms with van der Waals surface area (Å²) in [5.74, 6) is -0.276. The van der Waals surface area contributed by atoms with Crippen LogP contribution in [0.25, 0.3) is 0 Å². The number of nitrogens with zero attached hydrogens (tertiary/aromatic N) is 1. The molecule has 2 aromatic carbocycles. The molecule has 0 aliphatic carbocycles. The Bertz CT molecular complexity index is 913. The van der Waals surface area contributed by atoms with Crippen molar-refractivity contribution in [1.29, 1.82) is 0 Å². The van der Waals surface area contributed by atoms with Crippen molar-refractivity contribution < 1.29 is 33.5 Å². The fourth-order valence-corrected chi connectivity index (χ4v) is 2.42. The Labute approximate surface area is 166 Å². The van der Waals surface area contributed by atoms with Crippen LogP contribution in [0, 0.1) is 10.1 Å². The molecule has 2 aromatic rings. The monoisotopic (exact) mass is 404 g/mol. The van der Waals surface area contributed by atoms with Crippen LogP contribution in [0.4, 0.5) is 5.69 Å². The van der Waals surface area contributed by atoms with E-state index in [2.05, 4.69) is 5.32 Å². The lowest BCUT2D eigenvalue weighted by Crippen LogP contribution is -2.28. The van der Waals surface area contributed by atoms with Crippen LogP contribution in [0.5, 0.6) is 17.2 Å². The second-order valence-electron chi connectivity index (χ2n) is 5.68. The van der Waals surface area contributed by atoms with Gasteiger partial charge in [-0.25, -0.2) is 4.79 Å². The van der Waals surface area contributed by atoms with Crippen LogP contribution in [0.15, 0.2) is 36.4 Å². The summed E-state index contributed by atoms with van der Waals surface area (Å²) in [5.41, 5.74) is 0.313. The average molecular weight is 404 g/mol. The number of hydrogen-bond donors (Lipinski definition) is 1. The molecule has 0 aliphatic rings. The molecule has 0 saturated carbocycles. The summed E-state index contributed by atoms with van der Waals surface area (Å²) in [5, 5.41) is 13.5. The van der Waals surface area contributed by atoms with E-state index in [9.17, 15) is 19.7 Å². The molecule has 1 N–H and O–H groups in total. The standard InChI is InChI=1S/C19H20N2O8/c1-26-15-7-5-13(21(24)25)9-14(15)19(23)29-11-18(22)20-10-12-4-6-16(27-2)17(8-12)28-3/h4-9H,10-11H2,1-3H3,(H,20,22). The molecule has 0 atom stereocenters. The normalized spacial score (nSPS) is 10.0. The Hall–Kier alpha value is -3.82. The van der Waals surface area contributed by atoms with Gasteiger partial charge in [0.2, 0.25) is 0 Å². The van der Waals surface area contributed by atoms with E-state index in [1.165, 1.54) is 33.5 Å². The van der Waals surface area contributed by atoms with Crippen molar-refractivity contribution >= 4 is 17.6 Å². The number of benzene rings is 2. The van der Waals surface area contributed by atoms with Crippen molar-refractivity contribution in [2.45, 2.75) is 6.54 Å². The van der Waals surface area contributed by atoms with E-state index in [0.717, 1.165) is 11.6 Å². The first kappa shape index (κ1) is 21.5. The smallest absolute Gasteiger partial charge is 0.342 e. The number of carbonyl (C=O) groups is 2. The third-order valence-electron chi connectivity index (χ3n) is 3.89. The van der Waals surface area contributed by atoms with Gasteiger partial charge in [0.25, 0.3) is 11.6 Å². The summed E-state index contributed by atoms with van der Waals surface area (Å²) < 4.78 is 20.3. The molecule has 0 aliphatic heterocycles. The van der Waals surface area contributed by atoms with Gasteiger partial charge in [0.1, 0.15) is 11.3 Å². The zero-order valence-electron chi connectivity index (χ0n) is 16.1. The van der Waals surface area contributed by atoms with Gasteiger partial charge in [0.15, 0.2) is 18.1 Å². The number of nitro benzene ring substituents is 1. The van der Waals surface area contributed by atoms with Gasteiger partial charge in [0, 0.05) is 18.7 Å². The van der Waals surface area contributed by atoms with Crippen LogP contribution in [0.2, 0.25) is 0 Å². The first-order chi connectivity index (χ1) is 13.9. The molecule has 10 nitrogen and oxygen atoms in total. The van der Waals surface area contributed by atoms with Crippen molar-refractivity contribution in [2.75, 3.05) is 27.9 Å². The Morgan fingerprint density at radius 2 is 1.62 bits per heavy atom. The highest BCUT2D eigenvalue weighted by molar-refractivity contribution is 5.94. The molecular weight excluding hydrogens is 384 g/mol. The minimum atomic E-state index is -0.910. The maximum absolute atomic E-state index is 12.2. The molecule has 154 valence electrons. The first-order valence-corrected chi connectivity index (χ1v) is 8.36. The highest BCUT2D eigenvalue weighted by atomic mass is 16.6. The van der Waals surface area contributed by atoms with Crippen molar-refractivity contribution in [3.8, 4) is 17.2 Å². The molecule has 0 radical (unpaired) electrons. The SMILES string of the molecule is COc1ccc(CNC(=O)COC(=O)c2cc([N+](=O)[O-])ccc2OC)cc1OC. The molecule has 10 heteroatoms. The summed E-state index contributed by atoms with van der Waals surface area (Å²) in [4.78, 5) is 34.4. The van der Waals surface area contributed by atoms with E-state index >= 15 is 0 Å². The van der Waals surface area contributed by atoms with E-state index in [4.69, 9.17) is 18.9 Å². The quantitative estimate of drug-likeness (QED) is 0.382. The maximum Gasteiger partial charge on any atom is 0.342 e. The zero-order chi connectivity index (χ0) is 21.4. The summed E-state index contributed by atoms with van der Waals surface area (Å²) in [6, 6.07) is 8.68. The van der Waals surface area contributed by atoms with Gasteiger partial charge in [0.05, 0.1) is 26.3 Å². The summed E-state index contributed by atoms with van der Waals surface area (Å²) in [6.07, 6.45) is 0. The number of rotatable bonds is 9. The van der Waals surface area contributed by atoms with E-state index in [1.54, 1.807) is 18.2 Å². The Kier molecular flexibility index (Phi) is 7.35. The number of hydrogen-bond acceptors (Lipinski definition) is 8. The molecule has 2 rings (SSSR count). The Morgan fingerprint density at radius 1 is 0.966 bits per heavy atom. The van der Waals surface area contributed by atoms with E-state index in [-0.39, 0.29) is 23.5 Å². The number of nitrogens with one attached hydrogen (secondary N) is 1. The molecule has 0 bridgehead atoms. The molecule has 0 fully saturated rings. The van der Waals surface area contributed by atoms with Crippen molar-refractivity contribution in [3.63, 3.8) is 0 Å². The Morgan fingerprint density at radius 3 is 2.24 bits per heavy atom. The number of nitro groups is 1. The molecule has 0 aromatic heterocycles. The fraction of sp³-hybridized carbons (Fsp3) is 0.263. The predicted octanol–water partition coefficient (Wildman–Crippen LogP) is 2.09. The lowest BCUT2D eigenvalue weighted by molar-refractivity contribution is -0.384. The summed E-state index contributed by atoms with van der Waals surface area (Å²) in [7, 11) is 4.33. The van der Waals surface area contributed by atoms with Gasteiger partial charge in [-0.05, 0) is 23.8 Å². The summed E-state index contributed by atoms with van der Waals surface area (Å²) >= 11 is 0. The second-order valence-corrected chi connectivity index (χ2v) is 5.68. The average Bonchev–Trinajstić information content (AvgIpc) is 2.74. The number of esters is 1. The van der Waals surface area contributed by atoms with Crippen LogP contribution >= 0.6 is 0 Å². The fourth-order valence-electron chi connectivity index (χ4n) is 2.42. The molecule has 1 amide bonds. The lowest BCUT2D eigenvalue weighted by atomic mass is 10.2. The number of amides is 1. The largest absolute Gasteiger partial charge is 0.496 e. The van der Waals surface area contributed by atoms with Crippen LogP contribution in [0.1, 0.15) is 15.9 Å². The highest BCUT2D eigenvalue weighted by Crippen LogP contribution is 2.27. The number of carbonyl (C=O) groups excluding carboxylic acids is 2. The highest BCUT2D eigenvalue weighted by Gasteiger charge is 2.19. The van der Waals surface area contributed by atoms with Crippen LogP contribution in [0.3, 0.4) is 0 Å². The first-order valence-electron chi connectivity index (χ1n) is 8.36. The second kappa shape index (κ2) is 9.93. The van der Waals surface area contributed by atoms with Crippen LogP contribution < -0.4 is 19.5 Å². The Balaban J connectivity index is 1.95. The van der Waals surface area contributed by atoms with Gasteiger partial charge >= 0.3 is 5.97 Å². The lowest BCUT2D eigenvalue weighted by Gasteiger charge is -2.11. The van der Waals surface area contributed by atoms with Crippen LogP contribution in [-0.4, -0.2) is 44.7 Å². The van der Waals surface area contributed by atoms with Crippen molar-refractivity contribution in [3.05, 3.63) is 57.6 Å². The molecule has 0 saturated heterocycles. The van der Waals surface area contributed by atoms with Crippen LogP contribution in [-0.2, 0) is 16.1 Å². The van der Waals surface area contributed by atoms with Crippen molar-refractivity contribution in [2.24, 2.45) is 0 Å². The van der Waals surface area contributed by atoms with Gasteiger partial charge in [-0.3, -0.25) is 14.9 Å². The molecule has 0 unspecified atom stereocenters. The van der Waals surface area contributed by atoms with E-state index < -0.39 is 23.4 Å². The van der Waals surface area contributed by atoms with Crippen molar-refractivity contribution in [1.82, 2.24) is 5.32 Å². The minimum Gasteiger partial charge on any atom is -0.496 e. The maximum atomic E-state index is 12.2. The minimum absolute atomic E-state index is 0.103. The molecule has 0 spiro atoms. The number of non-ortho nitro benzene ring substituents is 1. The van der Waals surface area contributed by atoms with E-state index in [0.29, 0.717) is 11.5 Å². The topological polar surface area (TPSA) is 126 Å². The zero-order valence-corrected chi connectivity index (χ0v) is 16.1. The van der Waals surface area contributed by atoms with Gasteiger partial charge in [-0.1, -0.05) is 6.07 Å². The van der Waals surface area contributed by atoms with Gasteiger partial charge in [-0.15, -0.1) is 0 Å². The third kappa shape index (κ3) is 5.58. The van der Waals surface area contributed by atoms with Gasteiger partial charge < -0.3 is 24.3 Å². The van der Waals surface area contributed by atoms with E-state index in [1.807, 2.05) is 0 Å². The van der Waals surface area contributed by atoms with Gasteiger partial charge in [-0.2, -0.15) is 0 Å². The number of ether oxygens (including phenoxy) is 4.